The largest absolute Gasteiger partial charge is 0.370 e. The summed E-state index contributed by atoms with van der Waals surface area (Å²) < 4.78 is 1.75. The molecule has 0 bridgehead atoms. The molecule has 0 radical (unpaired) electrons. The molecule has 0 saturated heterocycles. The first-order chi connectivity index (χ1) is 16.4. The van der Waals surface area contributed by atoms with E-state index in [0.29, 0.717) is 28.8 Å². The van der Waals surface area contributed by atoms with E-state index in [-0.39, 0.29) is 5.91 Å². The van der Waals surface area contributed by atoms with Crippen LogP contribution >= 0.6 is 11.8 Å². The maximum atomic E-state index is 13.0. The number of amides is 1. The highest BCUT2D eigenvalue weighted by atomic mass is 32.2. The van der Waals surface area contributed by atoms with Gasteiger partial charge in [0.1, 0.15) is 0 Å². The molecule has 0 aliphatic carbocycles. The van der Waals surface area contributed by atoms with Crippen molar-refractivity contribution in [2.75, 3.05) is 24.5 Å². The van der Waals surface area contributed by atoms with Crippen LogP contribution in [0, 0.1) is 20.8 Å². The number of hydrogen-bond acceptors (Lipinski definition) is 6. The second-order valence-electron chi connectivity index (χ2n) is 8.27. The highest BCUT2D eigenvalue weighted by Crippen LogP contribution is 2.23. The molecule has 0 aliphatic rings. The number of hydrogen-bond donors (Lipinski definition) is 1. The fraction of sp³-hybridized carbons (Fsp3) is 0.308. The fourth-order valence-corrected chi connectivity index (χ4v) is 4.74. The average Bonchev–Trinajstić information content (AvgIpc) is 3.24. The number of nitrogens with one attached hydrogen (secondary N) is 1. The summed E-state index contributed by atoms with van der Waals surface area (Å²) in [4.78, 5) is 24.2. The van der Waals surface area contributed by atoms with Crippen molar-refractivity contribution >= 4 is 29.1 Å². The third-order valence-electron chi connectivity index (χ3n) is 5.63. The molecule has 0 atom stereocenters. The van der Waals surface area contributed by atoms with E-state index in [1.54, 1.807) is 4.52 Å². The average molecular weight is 475 g/mol. The fourth-order valence-electron chi connectivity index (χ4n) is 3.91. The second kappa shape index (κ2) is 10.7. The van der Waals surface area contributed by atoms with Crippen LogP contribution in [0.25, 0.3) is 5.78 Å². The molecule has 2 heterocycles. The Kier molecular flexibility index (Phi) is 7.47. The number of likely N-dealkylation sites (N-methyl/N-ethyl adjacent to an activating group) is 1. The Morgan fingerprint density at radius 1 is 1.06 bits per heavy atom. The van der Waals surface area contributed by atoms with Gasteiger partial charge in [0.05, 0.1) is 0 Å². The standard InChI is InChI=1S/C26H30N6OS/c1-5-31(22-11-8-9-18(2)15-22)14-13-27-24(33)23-12-7-6-10-21(23)17-34-26-29-25-28-19(3)16-20(4)32(25)30-26/h6-12,15-16H,5,13-14,17H2,1-4H3,(H,27,33). The lowest BCUT2D eigenvalue weighted by Gasteiger charge is -2.23. The predicted octanol–water partition coefficient (Wildman–Crippen LogP) is 4.60. The van der Waals surface area contributed by atoms with Gasteiger partial charge in [0.2, 0.25) is 5.16 Å². The zero-order chi connectivity index (χ0) is 24.1. The van der Waals surface area contributed by atoms with Crippen molar-refractivity contribution in [2.24, 2.45) is 0 Å². The summed E-state index contributed by atoms with van der Waals surface area (Å²) in [5.74, 6) is 1.13. The van der Waals surface area contributed by atoms with Crippen molar-refractivity contribution in [1.82, 2.24) is 24.9 Å². The molecule has 0 saturated carbocycles. The van der Waals surface area contributed by atoms with Crippen LogP contribution in [0.15, 0.2) is 59.8 Å². The highest BCUT2D eigenvalue weighted by Gasteiger charge is 2.14. The molecule has 8 heteroatoms. The van der Waals surface area contributed by atoms with E-state index in [2.05, 4.69) is 63.4 Å². The molecule has 2 aromatic heterocycles. The van der Waals surface area contributed by atoms with E-state index < -0.39 is 0 Å². The lowest BCUT2D eigenvalue weighted by atomic mass is 10.1. The van der Waals surface area contributed by atoms with Crippen LogP contribution < -0.4 is 10.2 Å². The van der Waals surface area contributed by atoms with Crippen LogP contribution in [0.2, 0.25) is 0 Å². The van der Waals surface area contributed by atoms with E-state index in [1.165, 1.54) is 23.0 Å². The molecule has 1 amide bonds. The number of fused-ring (bicyclic) bond motifs is 1. The zero-order valence-corrected chi connectivity index (χ0v) is 20.9. The summed E-state index contributed by atoms with van der Waals surface area (Å²) in [5.41, 5.74) is 5.95. The van der Waals surface area contributed by atoms with Crippen LogP contribution in [-0.4, -0.2) is 45.1 Å². The Bertz CT molecular complexity index is 1300. The van der Waals surface area contributed by atoms with Gasteiger partial charge in [0, 0.05) is 48.0 Å². The molecule has 0 aliphatic heterocycles. The Balaban J connectivity index is 1.38. The maximum Gasteiger partial charge on any atom is 0.253 e. The molecule has 1 N–H and O–H groups in total. The van der Waals surface area contributed by atoms with Crippen molar-refractivity contribution in [3.63, 3.8) is 0 Å². The van der Waals surface area contributed by atoms with Crippen LogP contribution in [0.3, 0.4) is 0 Å². The summed E-state index contributed by atoms with van der Waals surface area (Å²) in [6.07, 6.45) is 0. The molecular formula is C26H30N6OS. The van der Waals surface area contributed by atoms with E-state index in [0.717, 1.165) is 30.0 Å². The SMILES string of the molecule is CCN(CCNC(=O)c1ccccc1CSc1nc2nc(C)cc(C)n2n1)c1cccc(C)c1. The maximum absolute atomic E-state index is 13.0. The second-order valence-corrected chi connectivity index (χ2v) is 9.21. The molecule has 2 aromatic carbocycles. The first kappa shape index (κ1) is 23.8. The van der Waals surface area contributed by atoms with E-state index in [4.69, 9.17) is 0 Å². The van der Waals surface area contributed by atoms with Crippen molar-refractivity contribution in [3.05, 3.63) is 82.7 Å². The lowest BCUT2D eigenvalue weighted by Crippen LogP contribution is -2.35. The molecule has 4 rings (SSSR count). The monoisotopic (exact) mass is 474 g/mol. The van der Waals surface area contributed by atoms with Crippen molar-refractivity contribution in [1.29, 1.82) is 0 Å². The van der Waals surface area contributed by atoms with Gasteiger partial charge in [-0.05, 0) is 63.1 Å². The minimum atomic E-state index is -0.0624. The first-order valence-corrected chi connectivity index (χ1v) is 12.4. The predicted molar refractivity (Wildman–Crippen MR) is 138 cm³/mol. The normalized spacial score (nSPS) is 11.1. The summed E-state index contributed by atoms with van der Waals surface area (Å²) >= 11 is 1.51. The summed E-state index contributed by atoms with van der Waals surface area (Å²) in [6.45, 7) is 10.4. The number of aromatic nitrogens is 4. The van der Waals surface area contributed by atoms with E-state index >= 15 is 0 Å². The van der Waals surface area contributed by atoms with Gasteiger partial charge >= 0.3 is 0 Å². The van der Waals surface area contributed by atoms with Gasteiger partial charge < -0.3 is 10.2 Å². The van der Waals surface area contributed by atoms with Crippen molar-refractivity contribution < 1.29 is 4.79 Å². The quantitative estimate of drug-likeness (QED) is 0.358. The van der Waals surface area contributed by atoms with Crippen LogP contribution in [-0.2, 0) is 5.75 Å². The van der Waals surface area contributed by atoms with Gasteiger partial charge in [-0.2, -0.15) is 4.98 Å². The van der Waals surface area contributed by atoms with Gasteiger partial charge in [-0.3, -0.25) is 4.79 Å². The minimum absolute atomic E-state index is 0.0624. The molecule has 4 aromatic rings. The van der Waals surface area contributed by atoms with Gasteiger partial charge in [0.25, 0.3) is 11.7 Å². The number of benzene rings is 2. The third-order valence-corrected chi connectivity index (χ3v) is 6.52. The van der Waals surface area contributed by atoms with Gasteiger partial charge in [-0.25, -0.2) is 9.50 Å². The number of anilines is 1. The number of thioether (sulfide) groups is 1. The molecule has 0 spiro atoms. The molecule has 34 heavy (non-hydrogen) atoms. The number of carbonyl (C=O) groups is 1. The Morgan fingerprint density at radius 3 is 2.68 bits per heavy atom. The van der Waals surface area contributed by atoms with Crippen molar-refractivity contribution in [3.8, 4) is 0 Å². The Hall–Kier alpha value is -3.39. The van der Waals surface area contributed by atoms with Gasteiger partial charge in [0.15, 0.2) is 0 Å². The first-order valence-electron chi connectivity index (χ1n) is 11.5. The van der Waals surface area contributed by atoms with Crippen LogP contribution in [0.4, 0.5) is 5.69 Å². The lowest BCUT2D eigenvalue weighted by molar-refractivity contribution is 0.0954. The smallest absolute Gasteiger partial charge is 0.253 e. The topological polar surface area (TPSA) is 75.4 Å². The number of rotatable bonds is 9. The molecule has 0 unspecified atom stereocenters. The van der Waals surface area contributed by atoms with Crippen LogP contribution in [0.1, 0.15) is 39.8 Å². The number of aryl methyl sites for hydroxylation is 3. The number of nitrogens with zero attached hydrogens (tertiary/aromatic N) is 5. The van der Waals surface area contributed by atoms with Gasteiger partial charge in [-0.15, -0.1) is 5.10 Å². The minimum Gasteiger partial charge on any atom is -0.370 e. The Labute approximate surface area is 204 Å². The Morgan fingerprint density at radius 2 is 1.88 bits per heavy atom. The molecule has 176 valence electrons. The zero-order valence-electron chi connectivity index (χ0n) is 20.1. The van der Waals surface area contributed by atoms with Gasteiger partial charge in [-0.1, -0.05) is 42.1 Å². The van der Waals surface area contributed by atoms with E-state index in [1.807, 2.05) is 44.2 Å². The molecule has 0 fully saturated rings. The summed E-state index contributed by atoms with van der Waals surface area (Å²) in [5, 5.41) is 8.29. The summed E-state index contributed by atoms with van der Waals surface area (Å²) in [7, 11) is 0. The highest BCUT2D eigenvalue weighted by molar-refractivity contribution is 7.98. The molecule has 7 nitrogen and oxygen atoms in total. The molecular weight excluding hydrogens is 444 g/mol. The van der Waals surface area contributed by atoms with Crippen LogP contribution in [0.5, 0.6) is 0 Å². The summed E-state index contributed by atoms with van der Waals surface area (Å²) in [6, 6.07) is 18.1. The van der Waals surface area contributed by atoms with E-state index in [9.17, 15) is 4.79 Å². The van der Waals surface area contributed by atoms with Crippen molar-refractivity contribution in [2.45, 2.75) is 38.6 Å². The number of carbonyl (C=O) groups excluding carboxylic acids is 1. The third kappa shape index (κ3) is 5.56.